The van der Waals surface area contributed by atoms with Gasteiger partial charge in [0.15, 0.2) is 0 Å². The summed E-state index contributed by atoms with van der Waals surface area (Å²) in [6, 6.07) is 6.77. The third-order valence-corrected chi connectivity index (χ3v) is 4.42. The van der Waals surface area contributed by atoms with Gasteiger partial charge in [-0.05, 0) is 36.8 Å². The van der Waals surface area contributed by atoms with Crippen LogP contribution in [0.15, 0.2) is 52.4 Å². The molecule has 0 fully saturated rings. The number of hydrogen-bond acceptors (Lipinski definition) is 5. The average Bonchev–Trinajstić information content (AvgIpc) is 3.08. The van der Waals surface area contributed by atoms with Gasteiger partial charge < -0.3 is 8.98 Å². The number of hydrogen-bond donors (Lipinski definition) is 1. The maximum atomic E-state index is 12.3. The van der Waals surface area contributed by atoms with E-state index in [1.807, 2.05) is 13.0 Å². The van der Waals surface area contributed by atoms with Gasteiger partial charge in [0.2, 0.25) is 12.3 Å². The Bertz CT molecular complexity index is 898. The van der Waals surface area contributed by atoms with Gasteiger partial charge in [-0.3, -0.25) is 4.72 Å². The molecule has 2 aromatic heterocycles. The van der Waals surface area contributed by atoms with Crippen LogP contribution in [0.5, 0.6) is 0 Å². The first-order chi connectivity index (χ1) is 10.4. The standard InChI is InChI=1S/C14H14N4O3S/c1-10-5-11(14-16-15-9-21-14)7-12(6-10)17-22(19,20)13-3-4-18(2)8-13/h3-9,17H,1-2H3. The minimum atomic E-state index is -3.63. The van der Waals surface area contributed by atoms with Crippen molar-refractivity contribution in [1.82, 2.24) is 14.8 Å². The number of aromatic nitrogens is 3. The molecule has 0 aliphatic heterocycles. The number of nitrogens with one attached hydrogen (secondary N) is 1. The van der Waals surface area contributed by atoms with Gasteiger partial charge in [0, 0.05) is 30.7 Å². The van der Waals surface area contributed by atoms with Gasteiger partial charge in [-0.25, -0.2) is 8.42 Å². The summed E-state index contributed by atoms with van der Waals surface area (Å²) in [6.45, 7) is 1.86. The first-order valence-electron chi connectivity index (χ1n) is 6.47. The average molecular weight is 318 g/mol. The van der Waals surface area contributed by atoms with Gasteiger partial charge >= 0.3 is 0 Å². The Balaban J connectivity index is 1.96. The van der Waals surface area contributed by atoms with Gasteiger partial charge in [-0.15, -0.1) is 10.2 Å². The van der Waals surface area contributed by atoms with Crippen LogP contribution in [-0.4, -0.2) is 23.2 Å². The highest BCUT2D eigenvalue weighted by Crippen LogP contribution is 2.24. The molecule has 0 atom stereocenters. The summed E-state index contributed by atoms with van der Waals surface area (Å²) in [4.78, 5) is 0.204. The van der Waals surface area contributed by atoms with Crippen LogP contribution in [0.2, 0.25) is 0 Å². The molecule has 0 bridgehead atoms. The quantitative estimate of drug-likeness (QED) is 0.796. The van der Waals surface area contributed by atoms with E-state index in [0.29, 0.717) is 17.1 Å². The van der Waals surface area contributed by atoms with E-state index in [2.05, 4.69) is 14.9 Å². The molecule has 7 nitrogen and oxygen atoms in total. The Morgan fingerprint density at radius 3 is 2.73 bits per heavy atom. The normalized spacial score (nSPS) is 11.5. The predicted molar refractivity (Wildman–Crippen MR) is 80.7 cm³/mol. The largest absolute Gasteiger partial charge is 0.423 e. The molecular weight excluding hydrogens is 304 g/mol. The molecule has 0 aliphatic rings. The monoisotopic (exact) mass is 318 g/mol. The van der Waals surface area contributed by atoms with Crippen molar-refractivity contribution in [3.63, 3.8) is 0 Å². The molecule has 0 unspecified atom stereocenters. The Morgan fingerprint density at radius 1 is 1.27 bits per heavy atom. The van der Waals surface area contributed by atoms with E-state index in [4.69, 9.17) is 4.42 Å². The van der Waals surface area contributed by atoms with Crippen LogP contribution in [-0.2, 0) is 17.1 Å². The van der Waals surface area contributed by atoms with Gasteiger partial charge in [0.1, 0.15) is 4.90 Å². The SMILES string of the molecule is Cc1cc(NS(=O)(=O)c2ccn(C)c2)cc(-c2nnco2)c1. The minimum Gasteiger partial charge on any atom is -0.423 e. The summed E-state index contributed by atoms with van der Waals surface area (Å²) in [7, 11) is -1.87. The molecule has 0 saturated heterocycles. The maximum absolute atomic E-state index is 12.3. The van der Waals surface area contributed by atoms with E-state index < -0.39 is 10.0 Å². The number of sulfonamides is 1. The van der Waals surface area contributed by atoms with Crippen LogP contribution in [0.4, 0.5) is 5.69 Å². The zero-order valence-electron chi connectivity index (χ0n) is 12.0. The molecule has 0 saturated carbocycles. The molecule has 0 radical (unpaired) electrons. The summed E-state index contributed by atoms with van der Waals surface area (Å²) in [6.07, 6.45) is 4.44. The van der Waals surface area contributed by atoms with Crippen molar-refractivity contribution in [3.8, 4) is 11.5 Å². The number of benzene rings is 1. The lowest BCUT2D eigenvalue weighted by Gasteiger charge is -2.09. The molecule has 1 N–H and O–H groups in total. The maximum Gasteiger partial charge on any atom is 0.263 e. The fourth-order valence-electron chi connectivity index (χ4n) is 2.12. The van der Waals surface area contributed by atoms with Crippen LogP contribution >= 0.6 is 0 Å². The van der Waals surface area contributed by atoms with Crippen molar-refractivity contribution in [2.75, 3.05) is 4.72 Å². The number of nitrogens with zero attached hydrogens (tertiary/aromatic N) is 3. The Hall–Kier alpha value is -2.61. The number of rotatable bonds is 4. The zero-order chi connectivity index (χ0) is 15.7. The fourth-order valence-corrected chi connectivity index (χ4v) is 3.21. The summed E-state index contributed by atoms with van der Waals surface area (Å²) in [5.41, 5.74) is 1.97. The Labute approximate surface area is 127 Å². The van der Waals surface area contributed by atoms with E-state index in [0.717, 1.165) is 5.56 Å². The lowest BCUT2D eigenvalue weighted by atomic mass is 10.1. The van der Waals surface area contributed by atoms with Gasteiger partial charge in [0.25, 0.3) is 10.0 Å². The van der Waals surface area contributed by atoms with Crippen LogP contribution in [0.1, 0.15) is 5.56 Å². The molecule has 0 aliphatic carbocycles. The molecule has 0 amide bonds. The fraction of sp³-hybridized carbons (Fsp3) is 0.143. The molecule has 2 heterocycles. The van der Waals surface area contributed by atoms with Crippen molar-refractivity contribution in [1.29, 1.82) is 0 Å². The first-order valence-corrected chi connectivity index (χ1v) is 7.95. The van der Waals surface area contributed by atoms with Crippen molar-refractivity contribution in [3.05, 3.63) is 48.6 Å². The van der Waals surface area contributed by atoms with E-state index in [1.165, 1.54) is 18.7 Å². The van der Waals surface area contributed by atoms with Crippen LogP contribution in [0, 0.1) is 6.92 Å². The van der Waals surface area contributed by atoms with E-state index in [9.17, 15) is 8.42 Å². The summed E-state index contributed by atoms with van der Waals surface area (Å²) in [5, 5.41) is 7.45. The van der Waals surface area contributed by atoms with Crippen LogP contribution in [0.25, 0.3) is 11.5 Å². The van der Waals surface area contributed by atoms with Gasteiger partial charge in [-0.1, -0.05) is 0 Å². The second-order valence-electron chi connectivity index (χ2n) is 4.95. The lowest BCUT2D eigenvalue weighted by molar-refractivity contribution is 0.568. The molecule has 0 spiro atoms. The molecule has 3 rings (SSSR count). The molecule has 22 heavy (non-hydrogen) atoms. The van der Waals surface area contributed by atoms with Crippen LogP contribution < -0.4 is 4.72 Å². The number of aryl methyl sites for hydroxylation is 2. The second kappa shape index (κ2) is 5.30. The Morgan fingerprint density at radius 2 is 2.09 bits per heavy atom. The summed E-state index contributed by atoms with van der Waals surface area (Å²) in [5.74, 6) is 0.337. The van der Waals surface area contributed by atoms with Gasteiger partial charge in [0.05, 0.1) is 0 Å². The van der Waals surface area contributed by atoms with Gasteiger partial charge in [-0.2, -0.15) is 0 Å². The summed E-state index contributed by atoms with van der Waals surface area (Å²) < 4.78 is 34.1. The van der Waals surface area contributed by atoms with E-state index in [1.54, 1.807) is 29.9 Å². The Kier molecular flexibility index (Phi) is 3.45. The van der Waals surface area contributed by atoms with Crippen molar-refractivity contribution in [2.24, 2.45) is 7.05 Å². The van der Waals surface area contributed by atoms with Crippen molar-refractivity contribution < 1.29 is 12.8 Å². The topological polar surface area (TPSA) is 90.0 Å². The van der Waals surface area contributed by atoms with Crippen LogP contribution in [0.3, 0.4) is 0 Å². The van der Waals surface area contributed by atoms with Crippen molar-refractivity contribution in [2.45, 2.75) is 11.8 Å². The highest BCUT2D eigenvalue weighted by molar-refractivity contribution is 7.92. The molecule has 1 aromatic carbocycles. The lowest BCUT2D eigenvalue weighted by Crippen LogP contribution is -2.12. The first kappa shape index (κ1) is 14.3. The number of anilines is 1. The molecule has 8 heteroatoms. The second-order valence-corrected chi connectivity index (χ2v) is 6.63. The van der Waals surface area contributed by atoms with Crippen molar-refractivity contribution >= 4 is 15.7 Å². The third kappa shape index (κ3) is 2.86. The molecule has 114 valence electrons. The van der Waals surface area contributed by atoms with E-state index in [-0.39, 0.29) is 4.90 Å². The highest BCUT2D eigenvalue weighted by atomic mass is 32.2. The highest BCUT2D eigenvalue weighted by Gasteiger charge is 2.16. The predicted octanol–water partition coefficient (Wildman–Crippen LogP) is 2.18. The third-order valence-electron chi connectivity index (χ3n) is 3.05. The molecule has 3 aromatic rings. The molecular formula is C14H14N4O3S. The summed E-state index contributed by atoms with van der Waals surface area (Å²) >= 11 is 0. The minimum absolute atomic E-state index is 0.204. The van der Waals surface area contributed by atoms with E-state index >= 15 is 0 Å². The smallest absolute Gasteiger partial charge is 0.263 e. The zero-order valence-corrected chi connectivity index (χ0v) is 12.8.